The smallest absolute Gasteiger partial charge is 0.411 e. The van der Waals surface area contributed by atoms with Crippen molar-refractivity contribution in [1.82, 2.24) is 15.1 Å². The minimum Gasteiger partial charge on any atom is -0.488 e. The molecule has 2 fully saturated rings. The fourth-order valence-corrected chi connectivity index (χ4v) is 8.35. The Morgan fingerprint density at radius 1 is 0.932 bits per heavy atom. The second-order valence-corrected chi connectivity index (χ2v) is 17.2. The van der Waals surface area contributed by atoms with Crippen LogP contribution in [-0.4, -0.2) is 108 Å². The first-order valence-electron chi connectivity index (χ1n) is 20.4. The first-order chi connectivity index (χ1) is 27.9. The van der Waals surface area contributed by atoms with Crippen LogP contribution in [0.3, 0.4) is 0 Å². The van der Waals surface area contributed by atoms with Crippen molar-refractivity contribution in [3.63, 3.8) is 0 Å². The van der Waals surface area contributed by atoms with Crippen molar-refractivity contribution in [2.24, 2.45) is 11.8 Å². The van der Waals surface area contributed by atoms with Crippen molar-refractivity contribution in [3.05, 3.63) is 52.6 Å². The molecule has 3 amide bonds. The Bertz CT molecular complexity index is 2020. The standard InChI is InChI=1S/C44H55N3O12/c1-9-25-16-33(46(20-25)43(54)59-44(5,6)7)40(51)57-22-34(48)27-11-13-29-28(17-27)21-56-36-19-30-26(18-31(29)36)12-15-35(38(30)49)58-41(52)32-14-10-24(4)47(32)39(50)37(23(2)3)45-42(53)55-8/h11,13,17-19,23-25,32-33,35,37H,9-10,12,14-16,20-22H2,1-8H3,(H,45,53)/t24-,25-,32-,33+,35?,37+/m0/s1. The van der Waals surface area contributed by atoms with E-state index in [9.17, 15) is 33.6 Å². The third-order valence-corrected chi connectivity index (χ3v) is 11.6. The monoisotopic (exact) mass is 817 g/mol. The Morgan fingerprint density at radius 3 is 2.36 bits per heavy atom. The zero-order valence-electron chi connectivity index (χ0n) is 35.1. The summed E-state index contributed by atoms with van der Waals surface area (Å²) in [5.74, 6) is -2.20. The van der Waals surface area contributed by atoms with Crippen molar-refractivity contribution in [2.75, 3.05) is 20.3 Å². The number of likely N-dealkylation sites (tertiary alicyclic amines) is 2. The summed E-state index contributed by atoms with van der Waals surface area (Å²) in [7, 11) is 1.21. The van der Waals surface area contributed by atoms with E-state index in [-0.39, 0.29) is 36.7 Å². The lowest BCUT2D eigenvalue weighted by atomic mass is 9.84. The number of hydrogen-bond donors (Lipinski definition) is 1. The van der Waals surface area contributed by atoms with E-state index in [0.29, 0.717) is 49.1 Å². The highest BCUT2D eigenvalue weighted by Gasteiger charge is 2.45. The summed E-state index contributed by atoms with van der Waals surface area (Å²) in [6.07, 6.45) is 0.431. The SMILES string of the molecule is CC[C@H]1C[C@H](C(=O)OCC(=O)c2ccc3c(c2)COc2cc4c(cc2-3)CCC(OC(=O)[C@@H]2CC[C@H](C)N2C(=O)[C@H](NC(=O)OC)C(C)C)C4=O)N(C(=O)OC(C)(C)C)C1. The van der Waals surface area contributed by atoms with Gasteiger partial charge in [0.15, 0.2) is 18.5 Å². The lowest BCUT2D eigenvalue weighted by Crippen LogP contribution is -2.56. The number of ether oxygens (including phenoxy) is 5. The van der Waals surface area contributed by atoms with Crippen LogP contribution in [0.15, 0.2) is 30.3 Å². The van der Waals surface area contributed by atoms with Crippen LogP contribution in [0.1, 0.15) is 112 Å². The van der Waals surface area contributed by atoms with Gasteiger partial charge in [-0.25, -0.2) is 19.2 Å². The van der Waals surface area contributed by atoms with Gasteiger partial charge in [0.1, 0.15) is 36.1 Å². The molecule has 0 spiro atoms. The highest BCUT2D eigenvalue weighted by Crippen LogP contribution is 2.42. The molecule has 0 aromatic heterocycles. The molecule has 1 unspecified atom stereocenters. The molecule has 15 nitrogen and oxygen atoms in total. The molecule has 318 valence electrons. The normalized spacial score (nSPS) is 22.7. The molecule has 2 aromatic rings. The van der Waals surface area contributed by atoms with Crippen LogP contribution in [0, 0.1) is 11.8 Å². The van der Waals surface area contributed by atoms with E-state index in [0.717, 1.165) is 28.7 Å². The third-order valence-electron chi connectivity index (χ3n) is 11.6. The van der Waals surface area contributed by atoms with Crippen molar-refractivity contribution >= 4 is 41.6 Å². The molecule has 6 atom stereocenters. The minimum absolute atomic E-state index is 0.112. The molecule has 3 heterocycles. The van der Waals surface area contributed by atoms with Crippen molar-refractivity contribution in [3.8, 4) is 16.9 Å². The molecule has 2 saturated heterocycles. The fraction of sp³-hybridized carbons (Fsp3) is 0.568. The summed E-state index contributed by atoms with van der Waals surface area (Å²) in [5, 5.41) is 2.57. The van der Waals surface area contributed by atoms with Gasteiger partial charge in [-0.15, -0.1) is 0 Å². The highest BCUT2D eigenvalue weighted by molar-refractivity contribution is 6.04. The molecular formula is C44H55N3O12. The number of amides is 3. The maximum Gasteiger partial charge on any atom is 0.411 e. The minimum atomic E-state index is -1.05. The highest BCUT2D eigenvalue weighted by atomic mass is 16.6. The van der Waals surface area contributed by atoms with Crippen LogP contribution in [-0.2, 0) is 46.4 Å². The predicted octanol–water partition coefficient (Wildman–Crippen LogP) is 5.81. The molecule has 15 heteroatoms. The van der Waals surface area contributed by atoms with Crippen molar-refractivity contribution < 1.29 is 57.2 Å². The number of methoxy groups -OCH3 is 1. The van der Waals surface area contributed by atoms with E-state index in [1.165, 1.54) is 16.9 Å². The Hall–Kier alpha value is -5.47. The molecule has 1 aliphatic carbocycles. The summed E-state index contributed by atoms with van der Waals surface area (Å²) >= 11 is 0. The Morgan fingerprint density at radius 2 is 1.68 bits per heavy atom. The molecule has 1 N–H and O–H groups in total. The Labute approximate surface area is 344 Å². The molecule has 0 bridgehead atoms. The second-order valence-electron chi connectivity index (χ2n) is 17.2. The Kier molecular flexibility index (Phi) is 12.7. The van der Waals surface area contributed by atoms with Crippen LogP contribution in [0.2, 0.25) is 0 Å². The van der Waals surface area contributed by atoms with Gasteiger partial charge in [0, 0.05) is 29.3 Å². The molecule has 6 rings (SSSR count). The lowest BCUT2D eigenvalue weighted by molar-refractivity contribution is -0.158. The molecule has 4 aliphatic rings. The number of benzene rings is 2. The molecule has 3 aliphatic heterocycles. The summed E-state index contributed by atoms with van der Waals surface area (Å²) in [6.45, 7) is 12.7. The van der Waals surface area contributed by atoms with Gasteiger partial charge in [0.2, 0.25) is 11.7 Å². The number of fused-ring (bicyclic) bond motifs is 4. The molecule has 2 aromatic carbocycles. The summed E-state index contributed by atoms with van der Waals surface area (Å²) in [5.41, 5.74) is 3.08. The average molecular weight is 818 g/mol. The predicted molar refractivity (Wildman–Crippen MR) is 213 cm³/mol. The summed E-state index contributed by atoms with van der Waals surface area (Å²) in [4.78, 5) is 95.2. The zero-order valence-corrected chi connectivity index (χ0v) is 35.1. The molecule has 59 heavy (non-hydrogen) atoms. The van der Waals surface area contributed by atoms with E-state index in [2.05, 4.69) is 5.32 Å². The van der Waals surface area contributed by atoms with Gasteiger partial charge >= 0.3 is 24.1 Å². The largest absolute Gasteiger partial charge is 0.488 e. The Balaban J connectivity index is 1.10. The fourth-order valence-electron chi connectivity index (χ4n) is 8.35. The van der Waals surface area contributed by atoms with Crippen LogP contribution in [0.4, 0.5) is 9.59 Å². The van der Waals surface area contributed by atoms with Gasteiger partial charge in [0.25, 0.3) is 0 Å². The van der Waals surface area contributed by atoms with Crippen LogP contribution in [0.5, 0.6) is 5.75 Å². The average Bonchev–Trinajstić information content (AvgIpc) is 3.82. The van der Waals surface area contributed by atoms with E-state index < -0.39 is 72.3 Å². The van der Waals surface area contributed by atoms with Crippen molar-refractivity contribution in [2.45, 2.75) is 129 Å². The number of nitrogens with one attached hydrogen (secondary N) is 1. The van der Waals surface area contributed by atoms with Crippen LogP contribution < -0.4 is 10.1 Å². The number of rotatable bonds is 10. The van der Waals surface area contributed by atoms with Gasteiger partial charge in [-0.05, 0) is 107 Å². The second kappa shape index (κ2) is 17.4. The maximum atomic E-state index is 13.8. The molecule has 0 radical (unpaired) electrons. The first-order valence-corrected chi connectivity index (χ1v) is 20.4. The van der Waals surface area contributed by atoms with E-state index >= 15 is 0 Å². The number of esters is 2. The summed E-state index contributed by atoms with van der Waals surface area (Å²) < 4.78 is 27.6. The van der Waals surface area contributed by atoms with Gasteiger partial charge < -0.3 is 33.9 Å². The topological polar surface area (TPSA) is 184 Å². The number of ketones is 2. The number of nitrogens with zero attached hydrogens (tertiary/aromatic N) is 2. The number of Topliss-reactive ketones (excluding diaryl/α,β-unsaturated/α-hetero) is 2. The molecule has 0 saturated carbocycles. The van der Waals surface area contributed by atoms with Crippen LogP contribution >= 0.6 is 0 Å². The van der Waals surface area contributed by atoms with E-state index in [4.69, 9.17) is 23.7 Å². The summed E-state index contributed by atoms with van der Waals surface area (Å²) in [6, 6.07) is 5.79. The van der Waals surface area contributed by atoms with E-state index in [1.807, 2.05) is 19.9 Å². The number of alkyl carbamates (subject to hydrolysis) is 1. The van der Waals surface area contributed by atoms with Gasteiger partial charge in [-0.3, -0.25) is 19.3 Å². The first kappa shape index (κ1) is 43.1. The van der Waals surface area contributed by atoms with Gasteiger partial charge in [-0.2, -0.15) is 0 Å². The number of aryl methyl sites for hydroxylation is 1. The van der Waals surface area contributed by atoms with E-state index in [1.54, 1.807) is 58.9 Å². The maximum absolute atomic E-state index is 13.8. The molecular weight excluding hydrogens is 762 g/mol. The number of hydrogen-bond acceptors (Lipinski definition) is 12. The number of carbonyl (C=O) groups is 7. The van der Waals surface area contributed by atoms with Gasteiger partial charge in [-0.1, -0.05) is 39.3 Å². The van der Waals surface area contributed by atoms with Crippen molar-refractivity contribution in [1.29, 1.82) is 0 Å². The van der Waals surface area contributed by atoms with Crippen LogP contribution in [0.25, 0.3) is 11.1 Å². The number of carbonyl (C=O) groups excluding carboxylic acids is 7. The van der Waals surface area contributed by atoms with Gasteiger partial charge in [0.05, 0.1) is 7.11 Å². The lowest BCUT2D eigenvalue weighted by Gasteiger charge is -2.33. The zero-order chi connectivity index (χ0) is 42.9. The quantitative estimate of drug-likeness (QED) is 0.173. The third kappa shape index (κ3) is 9.23.